The molecule has 0 bridgehead atoms. The number of β-amino-alcohol motifs (C(OH)–C–C–N with tert-alkyl or cyclic N) is 1. The maximum Gasteiger partial charge on any atom is 0.371 e. The summed E-state index contributed by atoms with van der Waals surface area (Å²) in [6.07, 6.45) is -0.591. The number of aliphatic hydroxyl groups excluding tert-OH is 2. The van der Waals surface area contributed by atoms with E-state index in [0.717, 1.165) is 18.7 Å². The van der Waals surface area contributed by atoms with E-state index in [9.17, 15) is 10.2 Å². The predicted molar refractivity (Wildman–Crippen MR) is 116 cm³/mol. The highest BCUT2D eigenvalue weighted by Crippen LogP contribution is 2.33. The van der Waals surface area contributed by atoms with E-state index in [0.29, 0.717) is 47.7 Å². The first-order valence-electron chi connectivity index (χ1n) is 10.0. The highest BCUT2D eigenvalue weighted by atomic mass is 35.5. The summed E-state index contributed by atoms with van der Waals surface area (Å²) in [6, 6.07) is 12.9. The van der Waals surface area contributed by atoms with Crippen molar-refractivity contribution in [2.45, 2.75) is 12.2 Å². The van der Waals surface area contributed by atoms with Gasteiger partial charge in [-0.2, -0.15) is 4.58 Å². The van der Waals surface area contributed by atoms with Gasteiger partial charge in [-0.15, -0.1) is 0 Å². The van der Waals surface area contributed by atoms with Gasteiger partial charge in [-0.1, -0.05) is 41.4 Å². The van der Waals surface area contributed by atoms with Crippen LogP contribution in [0.15, 0.2) is 42.5 Å². The molecule has 160 valence electrons. The molecule has 2 unspecified atom stereocenters. The summed E-state index contributed by atoms with van der Waals surface area (Å²) in [4.78, 5) is 0. The second-order valence-corrected chi connectivity index (χ2v) is 8.43. The molecule has 2 aliphatic rings. The second-order valence-electron chi connectivity index (χ2n) is 7.62. The number of ether oxygens (including phenoxy) is 2. The molecular formula is C22H25Cl2N2O4+. The molecule has 0 amide bonds. The summed E-state index contributed by atoms with van der Waals surface area (Å²) in [5.74, 6) is 0.742. The summed E-state index contributed by atoms with van der Waals surface area (Å²) in [7, 11) is 0. The van der Waals surface area contributed by atoms with Crippen molar-refractivity contribution in [1.82, 2.24) is 5.32 Å². The van der Waals surface area contributed by atoms with Gasteiger partial charge in [0.25, 0.3) is 0 Å². The molecule has 2 atom stereocenters. The minimum Gasteiger partial charge on any atom is -0.492 e. The number of hydrogen-bond donors (Lipinski definition) is 3. The second kappa shape index (κ2) is 9.54. The van der Waals surface area contributed by atoms with E-state index in [1.807, 2.05) is 36.4 Å². The van der Waals surface area contributed by atoms with Crippen molar-refractivity contribution in [2.75, 3.05) is 39.4 Å². The number of halogens is 2. The van der Waals surface area contributed by atoms with Gasteiger partial charge in [-0.05, 0) is 29.8 Å². The summed E-state index contributed by atoms with van der Waals surface area (Å²) in [5, 5.41) is 24.5. The third-order valence-corrected chi connectivity index (χ3v) is 6.16. The number of rotatable bonds is 5. The normalized spacial score (nSPS) is 24.1. The Morgan fingerprint density at radius 3 is 2.73 bits per heavy atom. The largest absolute Gasteiger partial charge is 0.492 e. The van der Waals surface area contributed by atoms with Crippen molar-refractivity contribution in [2.24, 2.45) is 5.92 Å². The van der Waals surface area contributed by atoms with Crippen LogP contribution in [0, 0.1) is 5.92 Å². The van der Waals surface area contributed by atoms with Gasteiger partial charge in [0.1, 0.15) is 11.3 Å². The Morgan fingerprint density at radius 1 is 1.17 bits per heavy atom. The Bertz CT molecular complexity index is 929. The lowest BCUT2D eigenvalue weighted by atomic mass is 9.96. The van der Waals surface area contributed by atoms with E-state index in [1.54, 1.807) is 10.6 Å². The highest BCUT2D eigenvalue weighted by Gasteiger charge is 2.34. The van der Waals surface area contributed by atoms with Crippen molar-refractivity contribution in [3.8, 4) is 5.75 Å². The van der Waals surface area contributed by atoms with Crippen LogP contribution >= 0.6 is 23.2 Å². The fourth-order valence-corrected chi connectivity index (χ4v) is 4.07. The molecule has 6 nitrogen and oxygen atoms in total. The van der Waals surface area contributed by atoms with E-state index < -0.39 is 6.10 Å². The quantitative estimate of drug-likeness (QED) is 0.481. The predicted octanol–water partition coefficient (Wildman–Crippen LogP) is 3.04. The van der Waals surface area contributed by atoms with Gasteiger partial charge in [0, 0.05) is 19.0 Å². The summed E-state index contributed by atoms with van der Waals surface area (Å²) in [6.45, 7) is 3.30. The molecule has 2 fully saturated rings. The van der Waals surface area contributed by atoms with Gasteiger partial charge < -0.3 is 25.0 Å². The summed E-state index contributed by atoms with van der Waals surface area (Å²) < 4.78 is 14.0. The molecule has 2 saturated heterocycles. The number of nitrogens with one attached hydrogen (secondary N) is 1. The Labute approximate surface area is 185 Å². The molecular weight excluding hydrogens is 427 g/mol. The Kier molecular flexibility index (Phi) is 6.80. The zero-order valence-electron chi connectivity index (χ0n) is 16.4. The van der Waals surface area contributed by atoms with Crippen molar-refractivity contribution in [3.63, 3.8) is 0 Å². The van der Waals surface area contributed by atoms with Crippen molar-refractivity contribution >= 4 is 29.1 Å². The maximum absolute atomic E-state index is 10.6. The number of hydrogen-bond acceptors (Lipinski definition) is 4. The molecule has 2 heterocycles. The molecule has 0 spiro atoms. The van der Waals surface area contributed by atoms with Crippen molar-refractivity contribution in [1.29, 1.82) is 0 Å². The first kappa shape index (κ1) is 21.4. The van der Waals surface area contributed by atoms with Crippen LogP contribution in [-0.4, -0.2) is 66.2 Å². The van der Waals surface area contributed by atoms with Crippen molar-refractivity contribution < 1.29 is 24.3 Å². The van der Waals surface area contributed by atoms with Gasteiger partial charge in [0.2, 0.25) is 0 Å². The maximum atomic E-state index is 10.6. The van der Waals surface area contributed by atoms with Crippen LogP contribution in [0.25, 0.3) is 0 Å². The minimum atomic E-state index is -0.401. The van der Waals surface area contributed by atoms with Crippen LogP contribution in [0.4, 0.5) is 0 Å². The molecule has 4 rings (SSSR count). The van der Waals surface area contributed by atoms with E-state index in [-0.39, 0.29) is 17.9 Å². The van der Waals surface area contributed by atoms with E-state index in [2.05, 4.69) is 5.32 Å². The summed E-state index contributed by atoms with van der Waals surface area (Å²) >= 11 is 12.3. The number of aliphatic hydroxyl groups is 2. The lowest BCUT2D eigenvalue weighted by Gasteiger charge is -2.26. The Hall–Kier alpha value is -1.83. The zero-order valence-corrected chi connectivity index (χ0v) is 17.9. The minimum absolute atomic E-state index is 0.0331. The lowest BCUT2D eigenvalue weighted by Crippen LogP contribution is -2.47. The first-order valence-corrected chi connectivity index (χ1v) is 10.8. The molecule has 2 aromatic carbocycles. The molecule has 0 saturated carbocycles. The van der Waals surface area contributed by atoms with Gasteiger partial charge in [0.05, 0.1) is 29.4 Å². The Morgan fingerprint density at radius 2 is 1.97 bits per heavy atom. The van der Waals surface area contributed by atoms with Crippen LogP contribution in [-0.2, 0) is 4.74 Å². The third kappa shape index (κ3) is 4.74. The van der Waals surface area contributed by atoms with E-state index >= 15 is 0 Å². The van der Waals surface area contributed by atoms with Gasteiger partial charge in [-0.3, -0.25) is 0 Å². The molecule has 0 aromatic heterocycles. The van der Waals surface area contributed by atoms with Gasteiger partial charge >= 0.3 is 5.90 Å². The van der Waals surface area contributed by atoms with Gasteiger partial charge in [0.15, 0.2) is 19.2 Å². The molecule has 2 aliphatic heterocycles. The molecule has 0 aliphatic carbocycles. The standard InChI is InChI=1S/C22H24Cl2N2O4/c23-18-6-5-14(9-19(18)24)21-15(10-25-7-8-29-21)13-30-20-4-2-1-3-17(20)22(28)26-11-16(27)12-26/h1-6,9,15-16,21,25,27H,7-8,10-13H2/p+1. The average Bonchev–Trinajstić information content (AvgIpc) is 2.97. The molecule has 0 radical (unpaired) electrons. The van der Waals surface area contributed by atoms with Crippen LogP contribution in [0.1, 0.15) is 17.2 Å². The number of nitrogens with zero attached hydrogens (tertiary/aromatic N) is 1. The average molecular weight is 452 g/mol. The van der Waals surface area contributed by atoms with Crippen molar-refractivity contribution in [3.05, 3.63) is 63.6 Å². The zero-order chi connectivity index (χ0) is 21.1. The third-order valence-electron chi connectivity index (χ3n) is 5.43. The van der Waals surface area contributed by atoms with E-state index in [1.165, 1.54) is 0 Å². The van der Waals surface area contributed by atoms with Crippen LogP contribution in [0.3, 0.4) is 0 Å². The number of para-hydroxylation sites is 1. The SMILES string of the molecule is OC(c1ccccc1OCC1CNCCOC1c1ccc(Cl)c(Cl)c1)=[N+]1CC(O)C1. The Balaban J connectivity index is 1.53. The fourth-order valence-electron chi connectivity index (χ4n) is 3.77. The van der Waals surface area contributed by atoms with Crippen LogP contribution < -0.4 is 10.1 Å². The molecule has 3 N–H and O–H groups in total. The topological polar surface area (TPSA) is 74.0 Å². The van der Waals surface area contributed by atoms with Gasteiger partial charge in [-0.25, -0.2) is 0 Å². The van der Waals surface area contributed by atoms with Crippen LogP contribution in [0.5, 0.6) is 5.75 Å². The number of benzene rings is 2. The highest BCUT2D eigenvalue weighted by molar-refractivity contribution is 6.42. The fraction of sp³-hybridized carbons (Fsp3) is 0.409. The summed E-state index contributed by atoms with van der Waals surface area (Å²) in [5.41, 5.74) is 1.57. The van der Waals surface area contributed by atoms with Crippen LogP contribution in [0.2, 0.25) is 10.0 Å². The van der Waals surface area contributed by atoms with E-state index in [4.69, 9.17) is 32.7 Å². The molecule has 2 aromatic rings. The molecule has 30 heavy (non-hydrogen) atoms. The smallest absolute Gasteiger partial charge is 0.371 e. The molecule has 8 heteroatoms. The lowest BCUT2D eigenvalue weighted by molar-refractivity contribution is -0.612. The first-order chi connectivity index (χ1) is 14.5. The monoisotopic (exact) mass is 451 g/mol.